The van der Waals surface area contributed by atoms with Gasteiger partial charge in [0.1, 0.15) is 16.7 Å². The van der Waals surface area contributed by atoms with Crippen LogP contribution in [0.4, 0.5) is 0 Å². The maximum absolute atomic E-state index is 11.7. The van der Waals surface area contributed by atoms with Crippen molar-refractivity contribution in [1.29, 1.82) is 0 Å². The van der Waals surface area contributed by atoms with Crippen LogP contribution in [0, 0.1) is 0 Å². The molecule has 1 atom stereocenters. The Balaban J connectivity index is 0. The second-order valence-corrected chi connectivity index (χ2v) is 7.71. The van der Waals surface area contributed by atoms with Gasteiger partial charge in [-0.1, -0.05) is 70.9 Å². The van der Waals surface area contributed by atoms with E-state index in [1.165, 1.54) is 38.2 Å². The number of ether oxygens (including phenoxy) is 2. The molecule has 152 valence electrons. The van der Waals surface area contributed by atoms with Crippen molar-refractivity contribution in [3.8, 4) is 0 Å². The van der Waals surface area contributed by atoms with E-state index in [4.69, 9.17) is 4.74 Å². The summed E-state index contributed by atoms with van der Waals surface area (Å²) in [5.74, 6) is -2.16. The van der Waals surface area contributed by atoms with Crippen molar-refractivity contribution in [2.24, 2.45) is 0 Å². The number of carbonyl (C=O) groups is 2. The average molecular weight is 414 g/mol. The minimum Gasteiger partial charge on any atom is -0.747 e. The molecule has 0 rings (SSSR count). The molecule has 9 heteroatoms. The predicted molar refractivity (Wildman–Crippen MR) is 97.4 cm³/mol. The molecule has 1 unspecified atom stereocenters. The molecular formula is C18H31NaO7S. The van der Waals surface area contributed by atoms with E-state index < -0.39 is 33.7 Å². The molecule has 0 bridgehead atoms. The van der Waals surface area contributed by atoms with Gasteiger partial charge < -0.3 is 14.0 Å². The SMILES string of the molecule is C=CCOC(=O)C(CC(=O)OCCCCCCCCCCC)S(=O)(=O)[O-].[Na+]. The smallest absolute Gasteiger partial charge is 0.747 e. The van der Waals surface area contributed by atoms with Crippen LogP contribution in [0.5, 0.6) is 0 Å². The summed E-state index contributed by atoms with van der Waals surface area (Å²) in [6, 6.07) is 0. The van der Waals surface area contributed by atoms with E-state index in [1.54, 1.807) is 0 Å². The maximum atomic E-state index is 11.7. The number of hydrogen-bond acceptors (Lipinski definition) is 7. The van der Waals surface area contributed by atoms with Crippen molar-refractivity contribution in [2.75, 3.05) is 13.2 Å². The maximum Gasteiger partial charge on any atom is 1.00 e. The summed E-state index contributed by atoms with van der Waals surface area (Å²) < 4.78 is 42.8. The molecule has 0 aromatic carbocycles. The van der Waals surface area contributed by atoms with E-state index >= 15 is 0 Å². The summed E-state index contributed by atoms with van der Waals surface area (Å²) in [5.41, 5.74) is 0. The van der Waals surface area contributed by atoms with E-state index in [-0.39, 0.29) is 42.8 Å². The van der Waals surface area contributed by atoms with Crippen LogP contribution in [0.25, 0.3) is 0 Å². The zero-order valence-electron chi connectivity index (χ0n) is 16.6. The number of hydrogen-bond donors (Lipinski definition) is 0. The Hall–Kier alpha value is -0.410. The third-order valence-electron chi connectivity index (χ3n) is 3.82. The number of unbranched alkanes of at least 4 members (excludes halogenated alkanes) is 8. The van der Waals surface area contributed by atoms with Crippen molar-refractivity contribution in [1.82, 2.24) is 0 Å². The molecule has 0 aromatic heterocycles. The molecule has 0 saturated carbocycles. The van der Waals surface area contributed by atoms with Crippen molar-refractivity contribution in [2.45, 2.75) is 76.4 Å². The molecule has 0 radical (unpaired) electrons. The molecule has 0 saturated heterocycles. The Morgan fingerprint density at radius 3 is 2.00 bits per heavy atom. The first-order valence-corrected chi connectivity index (χ1v) is 10.7. The van der Waals surface area contributed by atoms with E-state index in [1.807, 2.05) is 0 Å². The zero-order chi connectivity index (χ0) is 19.8. The summed E-state index contributed by atoms with van der Waals surface area (Å²) >= 11 is 0. The molecule has 0 aromatic rings. The van der Waals surface area contributed by atoms with E-state index in [0.717, 1.165) is 19.3 Å². The van der Waals surface area contributed by atoms with Crippen LogP contribution in [0.2, 0.25) is 0 Å². The van der Waals surface area contributed by atoms with Gasteiger partial charge in [0.05, 0.1) is 13.0 Å². The first-order valence-electron chi connectivity index (χ1n) is 9.20. The molecule has 0 amide bonds. The Labute approximate surface area is 185 Å². The minimum absolute atomic E-state index is 0. The van der Waals surface area contributed by atoms with E-state index in [9.17, 15) is 22.6 Å². The molecule has 27 heavy (non-hydrogen) atoms. The van der Waals surface area contributed by atoms with Crippen LogP contribution in [0.1, 0.15) is 71.1 Å². The Bertz CT molecular complexity index is 520. The second-order valence-electron chi connectivity index (χ2n) is 6.15. The topological polar surface area (TPSA) is 110 Å². The summed E-state index contributed by atoms with van der Waals surface area (Å²) in [7, 11) is -5.00. The van der Waals surface area contributed by atoms with Crippen molar-refractivity contribution in [3.05, 3.63) is 12.7 Å². The standard InChI is InChI=1S/C18H32O7S.Na/c1-3-5-6-7-8-9-10-11-12-14-24-17(19)15-16(26(21,22)23)18(20)25-13-4-2;/h4,16H,2-3,5-15H2,1H3,(H,21,22,23);/q;+1/p-1. The molecule has 0 aliphatic heterocycles. The van der Waals surface area contributed by atoms with Gasteiger partial charge in [0.25, 0.3) is 0 Å². The summed E-state index contributed by atoms with van der Waals surface area (Å²) in [6.45, 7) is 5.39. The summed E-state index contributed by atoms with van der Waals surface area (Å²) in [4.78, 5) is 23.2. The molecule has 7 nitrogen and oxygen atoms in total. The van der Waals surface area contributed by atoms with E-state index in [0.29, 0.717) is 6.42 Å². The number of carbonyl (C=O) groups excluding carboxylic acids is 2. The van der Waals surface area contributed by atoms with Gasteiger partial charge in [-0.15, -0.1) is 0 Å². The molecule has 0 N–H and O–H groups in total. The van der Waals surface area contributed by atoms with Crippen LogP contribution in [-0.4, -0.2) is 43.4 Å². The fourth-order valence-electron chi connectivity index (χ4n) is 2.35. The van der Waals surface area contributed by atoms with Gasteiger partial charge in [0, 0.05) is 0 Å². The molecule has 0 aliphatic rings. The Kier molecular flexibility index (Phi) is 18.8. The van der Waals surface area contributed by atoms with Gasteiger partial charge in [-0.3, -0.25) is 9.59 Å². The first-order chi connectivity index (χ1) is 12.3. The number of esters is 2. The summed E-state index contributed by atoms with van der Waals surface area (Å²) in [5, 5.41) is -2.09. The van der Waals surface area contributed by atoms with Crippen molar-refractivity contribution >= 4 is 22.1 Å². The molecule has 0 heterocycles. The fourth-order valence-corrected chi connectivity index (χ4v) is 2.99. The van der Waals surface area contributed by atoms with Crippen molar-refractivity contribution in [3.63, 3.8) is 0 Å². The third-order valence-corrected chi connectivity index (χ3v) is 4.87. The average Bonchev–Trinajstić information content (AvgIpc) is 2.58. The van der Waals surface area contributed by atoms with Gasteiger partial charge in [0.15, 0.2) is 5.25 Å². The van der Waals surface area contributed by atoms with Gasteiger partial charge in [0.2, 0.25) is 0 Å². The van der Waals surface area contributed by atoms with Crippen LogP contribution in [0.15, 0.2) is 12.7 Å². The first kappa shape index (κ1) is 28.8. The van der Waals surface area contributed by atoms with Crippen LogP contribution in [0.3, 0.4) is 0 Å². The monoisotopic (exact) mass is 414 g/mol. The Morgan fingerprint density at radius 1 is 1.00 bits per heavy atom. The third kappa shape index (κ3) is 16.3. The predicted octanol–water partition coefficient (Wildman–Crippen LogP) is 0.0975. The molecule has 0 aliphatic carbocycles. The van der Waals surface area contributed by atoms with Crippen LogP contribution >= 0.6 is 0 Å². The Morgan fingerprint density at radius 2 is 1.52 bits per heavy atom. The quantitative estimate of drug-likeness (QED) is 0.116. The van der Waals surface area contributed by atoms with Crippen molar-refractivity contribution < 1.29 is 61.6 Å². The number of rotatable bonds is 16. The zero-order valence-corrected chi connectivity index (χ0v) is 19.4. The normalized spacial score (nSPS) is 11.9. The van der Waals surface area contributed by atoms with Gasteiger partial charge in [-0.25, -0.2) is 8.42 Å². The van der Waals surface area contributed by atoms with Crippen LogP contribution in [-0.2, 0) is 29.2 Å². The van der Waals surface area contributed by atoms with Gasteiger partial charge >= 0.3 is 41.5 Å². The molecule has 0 fully saturated rings. The fraction of sp³-hybridized carbons (Fsp3) is 0.778. The van der Waals surface area contributed by atoms with Crippen LogP contribution < -0.4 is 29.6 Å². The largest absolute Gasteiger partial charge is 1.00 e. The second kappa shape index (κ2) is 17.7. The van der Waals surface area contributed by atoms with E-state index in [2.05, 4.69) is 18.2 Å². The molecular weight excluding hydrogens is 383 g/mol. The molecule has 0 spiro atoms. The summed E-state index contributed by atoms with van der Waals surface area (Å²) in [6.07, 6.45) is 10.4. The van der Waals surface area contributed by atoms with Gasteiger partial charge in [-0.2, -0.15) is 0 Å². The minimum atomic E-state index is -5.00. The van der Waals surface area contributed by atoms with Gasteiger partial charge in [-0.05, 0) is 6.42 Å².